The van der Waals surface area contributed by atoms with Crippen LogP contribution in [0.2, 0.25) is 0 Å². The van der Waals surface area contributed by atoms with Crippen molar-refractivity contribution in [2.75, 3.05) is 0 Å². The molecule has 0 aliphatic rings. The molecule has 2 aromatic rings. The van der Waals surface area contributed by atoms with Gasteiger partial charge >= 0.3 is 6.18 Å². The number of aromatic hydroxyl groups is 1. The highest BCUT2D eigenvalue weighted by molar-refractivity contribution is 5.67. The normalized spacial score (nSPS) is 12.1. The maximum atomic E-state index is 12.7. The molecule has 19 heavy (non-hydrogen) atoms. The molecule has 1 aromatic carbocycles. The maximum absolute atomic E-state index is 12.7. The van der Waals surface area contributed by atoms with Gasteiger partial charge in [0.15, 0.2) is 5.75 Å². The highest BCUT2D eigenvalue weighted by atomic mass is 19.4. The Kier molecular flexibility index (Phi) is 3.26. The van der Waals surface area contributed by atoms with E-state index in [4.69, 9.17) is 0 Å². The Labute approximate surface area is 108 Å². The van der Waals surface area contributed by atoms with Gasteiger partial charge < -0.3 is 5.11 Å². The van der Waals surface area contributed by atoms with Gasteiger partial charge in [-0.15, -0.1) is 0 Å². The van der Waals surface area contributed by atoms with E-state index in [-0.39, 0.29) is 11.8 Å². The van der Waals surface area contributed by atoms with Gasteiger partial charge in [-0.1, -0.05) is 12.1 Å². The van der Waals surface area contributed by atoms with Crippen LogP contribution in [0.15, 0.2) is 30.5 Å². The molecule has 6 heteroatoms. The van der Waals surface area contributed by atoms with E-state index in [0.29, 0.717) is 11.3 Å². The predicted octanol–water partition coefficient (Wildman–Crippen LogP) is 3.86. The number of hydrogen-bond acceptors (Lipinski definition) is 2. The smallest absolute Gasteiger partial charge is 0.416 e. The van der Waals surface area contributed by atoms with Crippen LogP contribution in [0, 0.1) is 0 Å². The quantitative estimate of drug-likeness (QED) is 0.900. The van der Waals surface area contributed by atoms with E-state index in [1.165, 1.54) is 23.0 Å². The van der Waals surface area contributed by atoms with E-state index >= 15 is 0 Å². The minimum absolute atomic E-state index is 0.0644. The van der Waals surface area contributed by atoms with E-state index < -0.39 is 11.7 Å². The monoisotopic (exact) mass is 270 g/mol. The van der Waals surface area contributed by atoms with E-state index in [1.807, 2.05) is 13.8 Å². The molecular formula is C13H13F3N2O. The maximum Gasteiger partial charge on any atom is 0.416 e. The predicted molar refractivity (Wildman–Crippen MR) is 64.7 cm³/mol. The zero-order valence-corrected chi connectivity index (χ0v) is 10.4. The topological polar surface area (TPSA) is 38.0 Å². The van der Waals surface area contributed by atoms with E-state index in [2.05, 4.69) is 5.10 Å². The van der Waals surface area contributed by atoms with Crippen molar-refractivity contribution in [1.29, 1.82) is 0 Å². The third-order valence-corrected chi connectivity index (χ3v) is 2.73. The van der Waals surface area contributed by atoms with Crippen molar-refractivity contribution in [2.24, 2.45) is 0 Å². The van der Waals surface area contributed by atoms with Crippen LogP contribution in [0.1, 0.15) is 25.5 Å². The molecule has 1 heterocycles. The minimum Gasteiger partial charge on any atom is -0.504 e. The van der Waals surface area contributed by atoms with Gasteiger partial charge in [-0.05, 0) is 26.0 Å². The van der Waals surface area contributed by atoms with Crippen molar-refractivity contribution >= 4 is 0 Å². The van der Waals surface area contributed by atoms with Gasteiger partial charge in [-0.25, -0.2) is 0 Å². The summed E-state index contributed by atoms with van der Waals surface area (Å²) >= 11 is 0. The zero-order valence-electron chi connectivity index (χ0n) is 10.4. The molecule has 2 rings (SSSR count). The van der Waals surface area contributed by atoms with Gasteiger partial charge in [0.05, 0.1) is 11.8 Å². The fourth-order valence-electron chi connectivity index (χ4n) is 1.87. The molecule has 0 aliphatic heterocycles. The number of benzene rings is 1. The van der Waals surface area contributed by atoms with Crippen molar-refractivity contribution < 1.29 is 18.3 Å². The van der Waals surface area contributed by atoms with Crippen molar-refractivity contribution in [1.82, 2.24) is 9.78 Å². The summed E-state index contributed by atoms with van der Waals surface area (Å²) in [6.07, 6.45) is -3.18. The van der Waals surface area contributed by atoms with Gasteiger partial charge in [-0.2, -0.15) is 18.3 Å². The van der Waals surface area contributed by atoms with Crippen LogP contribution in [0.4, 0.5) is 13.2 Å². The first kappa shape index (κ1) is 13.5. The molecule has 0 bridgehead atoms. The molecule has 0 saturated carbocycles. The van der Waals surface area contributed by atoms with Gasteiger partial charge in [-0.3, -0.25) is 4.68 Å². The largest absolute Gasteiger partial charge is 0.504 e. The summed E-state index contributed by atoms with van der Waals surface area (Å²) in [5.41, 5.74) is -0.166. The zero-order chi connectivity index (χ0) is 14.2. The Morgan fingerprint density at radius 3 is 2.53 bits per heavy atom. The van der Waals surface area contributed by atoms with Crippen LogP contribution >= 0.6 is 0 Å². The van der Waals surface area contributed by atoms with Gasteiger partial charge in [0.2, 0.25) is 0 Å². The molecule has 0 unspecified atom stereocenters. The third-order valence-electron chi connectivity index (χ3n) is 2.73. The summed E-state index contributed by atoms with van der Waals surface area (Å²) in [4.78, 5) is 0. The van der Waals surface area contributed by atoms with Crippen molar-refractivity contribution in [2.45, 2.75) is 26.1 Å². The molecule has 0 amide bonds. The number of halogens is 3. The second kappa shape index (κ2) is 4.60. The Hall–Kier alpha value is -1.98. The van der Waals surface area contributed by atoms with Crippen LogP contribution in [0.3, 0.4) is 0 Å². The summed E-state index contributed by atoms with van der Waals surface area (Å²) in [7, 11) is 0. The summed E-state index contributed by atoms with van der Waals surface area (Å²) in [6.45, 7) is 3.67. The van der Waals surface area contributed by atoms with Crippen LogP contribution in [-0.4, -0.2) is 14.9 Å². The highest BCUT2D eigenvalue weighted by Crippen LogP contribution is 2.35. The average Bonchev–Trinajstić information content (AvgIpc) is 2.70. The van der Waals surface area contributed by atoms with Crippen molar-refractivity contribution in [3.05, 3.63) is 36.0 Å². The van der Waals surface area contributed by atoms with E-state index in [0.717, 1.165) is 12.1 Å². The summed E-state index contributed by atoms with van der Waals surface area (Å²) < 4.78 is 39.5. The molecule has 3 nitrogen and oxygen atoms in total. The molecule has 0 spiro atoms. The summed E-state index contributed by atoms with van der Waals surface area (Å²) in [5, 5.41) is 13.7. The standard InChI is InChI=1S/C13H13F3N2O/c1-8(2)18-12(11(19)7-17-18)9-4-3-5-10(6-9)13(14,15)16/h3-8,19H,1-2H3. The first-order valence-electron chi connectivity index (χ1n) is 5.75. The number of aromatic nitrogens is 2. The fourth-order valence-corrected chi connectivity index (χ4v) is 1.87. The molecule has 0 radical (unpaired) electrons. The molecule has 1 aromatic heterocycles. The van der Waals surface area contributed by atoms with Gasteiger partial charge in [0.25, 0.3) is 0 Å². The van der Waals surface area contributed by atoms with Crippen LogP contribution < -0.4 is 0 Å². The van der Waals surface area contributed by atoms with E-state index in [1.54, 1.807) is 0 Å². The molecular weight excluding hydrogens is 257 g/mol. The average molecular weight is 270 g/mol. The molecule has 0 aliphatic carbocycles. The Morgan fingerprint density at radius 2 is 1.95 bits per heavy atom. The Morgan fingerprint density at radius 1 is 1.26 bits per heavy atom. The van der Waals surface area contributed by atoms with Crippen LogP contribution in [-0.2, 0) is 6.18 Å². The molecule has 1 N–H and O–H groups in total. The fraction of sp³-hybridized carbons (Fsp3) is 0.308. The van der Waals surface area contributed by atoms with Gasteiger partial charge in [0, 0.05) is 11.6 Å². The van der Waals surface area contributed by atoms with Gasteiger partial charge in [0.1, 0.15) is 5.69 Å². The van der Waals surface area contributed by atoms with Crippen LogP contribution in [0.5, 0.6) is 5.75 Å². The minimum atomic E-state index is -4.41. The summed E-state index contributed by atoms with van der Waals surface area (Å²) in [6, 6.07) is 4.78. The SMILES string of the molecule is CC(C)n1ncc(O)c1-c1cccc(C(F)(F)F)c1. The lowest BCUT2D eigenvalue weighted by molar-refractivity contribution is -0.137. The number of alkyl halides is 3. The molecule has 0 fully saturated rings. The molecule has 0 atom stereocenters. The second-order valence-corrected chi connectivity index (χ2v) is 4.50. The Bertz CT molecular complexity index is 588. The number of nitrogens with zero attached hydrogens (tertiary/aromatic N) is 2. The first-order chi connectivity index (χ1) is 8.80. The van der Waals surface area contributed by atoms with Crippen LogP contribution in [0.25, 0.3) is 11.3 Å². The number of rotatable bonds is 2. The highest BCUT2D eigenvalue weighted by Gasteiger charge is 2.31. The van der Waals surface area contributed by atoms with E-state index in [9.17, 15) is 18.3 Å². The first-order valence-corrected chi connectivity index (χ1v) is 5.75. The lowest BCUT2D eigenvalue weighted by Gasteiger charge is -2.13. The molecule has 102 valence electrons. The number of hydrogen-bond donors (Lipinski definition) is 1. The lowest BCUT2D eigenvalue weighted by Crippen LogP contribution is -2.07. The lowest BCUT2D eigenvalue weighted by atomic mass is 10.1. The van der Waals surface area contributed by atoms with Crippen molar-refractivity contribution in [3.8, 4) is 17.0 Å². The Balaban J connectivity index is 2.57. The van der Waals surface area contributed by atoms with Crippen molar-refractivity contribution in [3.63, 3.8) is 0 Å². The summed E-state index contributed by atoms with van der Waals surface area (Å²) in [5.74, 6) is -0.131. The third kappa shape index (κ3) is 2.57. The second-order valence-electron chi connectivity index (χ2n) is 4.50. The molecule has 0 saturated heterocycles.